The Morgan fingerprint density at radius 2 is 1.56 bits per heavy atom. The van der Waals surface area contributed by atoms with Crippen LogP contribution in [0.5, 0.6) is 0 Å². The van der Waals surface area contributed by atoms with Crippen molar-refractivity contribution in [1.29, 1.82) is 0 Å². The summed E-state index contributed by atoms with van der Waals surface area (Å²) in [7, 11) is 0. The molecule has 0 saturated heterocycles. The standard InChI is InChI=1S/C14H11N4/c1-3-7-12(8-4-1)14-11-15-16-17-18(14)13-9-5-2-6-10-13/h1-10H,(H,15,17). The first-order chi connectivity index (χ1) is 8.95. The second-order valence-corrected chi connectivity index (χ2v) is 3.80. The Bertz CT molecular complexity index is 575. The van der Waals surface area contributed by atoms with E-state index >= 15 is 0 Å². The summed E-state index contributed by atoms with van der Waals surface area (Å²) in [6, 6.07) is 19.9. The van der Waals surface area contributed by atoms with Crippen molar-refractivity contribution in [3.63, 3.8) is 0 Å². The maximum absolute atomic E-state index is 3.80. The molecule has 0 amide bonds. The van der Waals surface area contributed by atoms with Gasteiger partial charge in [0.2, 0.25) is 0 Å². The van der Waals surface area contributed by atoms with Crippen LogP contribution in [0.25, 0.3) is 5.70 Å². The lowest BCUT2D eigenvalue weighted by Gasteiger charge is -2.26. The molecule has 4 heteroatoms. The Balaban J connectivity index is 2.01. The first-order valence-corrected chi connectivity index (χ1v) is 5.64. The molecule has 1 heterocycles. The van der Waals surface area contributed by atoms with Gasteiger partial charge in [-0.2, -0.15) is 5.53 Å². The number of hydrogen-bond donors (Lipinski definition) is 1. The minimum atomic E-state index is 0.844. The minimum Gasteiger partial charge on any atom is -0.236 e. The number of hydrogen-bond acceptors (Lipinski definition) is 4. The van der Waals surface area contributed by atoms with Crippen molar-refractivity contribution in [3.8, 4) is 0 Å². The summed E-state index contributed by atoms with van der Waals surface area (Å²) in [6.45, 7) is 0. The largest absolute Gasteiger partial charge is 0.236 e. The number of hydrazine groups is 1. The van der Waals surface area contributed by atoms with E-state index in [1.165, 1.54) is 0 Å². The van der Waals surface area contributed by atoms with E-state index in [2.05, 4.69) is 22.1 Å². The monoisotopic (exact) mass is 235 g/mol. The third-order valence-electron chi connectivity index (χ3n) is 2.64. The zero-order valence-electron chi connectivity index (χ0n) is 9.62. The molecule has 0 atom stereocenters. The van der Waals surface area contributed by atoms with E-state index < -0.39 is 0 Å². The van der Waals surface area contributed by atoms with Gasteiger partial charge in [-0.25, -0.2) is 5.01 Å². The van der Waals surface area contributed by atoms with Gasteiger partial charge in [-0.15, -0.1) is 5.11 Å². The number of rotatable bonds is 2. The van der Waals surface area contributed by atoms with E-state index in [9.17, 15) is 0 Å². The van der Waals surface area contributed by atoms with Crippen molar-refractivity contribution in [3.05, 3.63) is 72.4 Å². The number of para-hydroxylation sites is 1. The fourth-order valence-electron chi connectivity index (χ4n) is 1.79. The molecule has 3 rings (SSSR count). The van der Waals surface area contributed by atoms with Gasteiger partial charge in [0.15, 0.2) is 0 Å². The first kappa shape index (κ1) is 10.5. The molecule has 1 radical (unpaired) electrons. The molecule has 0 fully saturated rings. The molecule has 0 unspecified atom stereocenters. The van der Waals surface area contributed by atoms with E-state index in [1.54, 1.807) is 0 Å². The predicted molar refractivity (Wildman–Crippen MR) is 70.0 cm³/mol. The molecule has 87 valence electrons. The van der Waals surface area contributed by atoms with Crippen LogP contribution in [0.3, 0.4) is 0 Å². The Labute approximate surface area is 105 Å². The molecule has 0 aliphatic carbocycles. The number of benzene rings is 2. The van der Waals surface area contributed by atoms with Crippen LogP contribution in [0.15, 0.2) is 71.0 Å². The molecule has 18 heavy (non-hydrogen) atoms. The quantitative estimate of drug-likeness (QED) is 0.868. The third-order valence-corrected chi connectivity index (χ3v) is 2.64. The summed E-state index contributed by atoms with van der Waals surface area (Å²) >= 11 is 0. The molecule has 2 aromatic carbocycles. The zero-order chi connectivity index (χ0) is 12.2. The summed E-state index contributed by atoms with van der Waals surface area (Å²) in [6.07, 6.45) is 2.92. The van der Waals surface area contributed by atoms with Gasteiger partial charge in [-0.3, -0.25) is 0 Å². The fraction of sp³-hybridized carbons (Fsp3) is 0. The van der Waals surface area contributed by atoms with Crippen LogP contribution in [0.2, 0.25) is 0 Å². The highest BCUT2D eigenvalue weighted by atomic mass is 15.7. The molecule has 1 aliphatic rings. The van der Waals surface area contributed by atoms with Crippen LogP contribution in [0, 0.1) is 6.20 Å². The molecule has 4 nitrogen and oxygen atoms in total. The molecule has 0 spiro atoms. The topological polar surface area (TPSA) is 40.0 Å². The Kier molecular flexibility index (Phi) is 2.75. The smallest absolute Gasteiger partial charge is 0.144 e. The summed E-state index contributed by atoms with van der Waals surface area (Å²) in [5, 5.41) is 9.42. The first-order valence-electron chi connectivity index (χ1n) is 5.64. The maximum atomic E-state index is 3.80. The Morgan fingerprint density at radius 1 is 0.889 bits per heavy atom. The van der Waals surface area contributed by atoms with E-state index in [0.717, 1.165) is 16.9 Å². The van der Waals surface area contributed by atoms with E-state index in [0.29, 0.717) is 0 Å². The van der Waals surface area contributed by atoms with Gasteiger partial charge in [0.1, 0.15) is 11.9 Å². The predicted octanol–water partition coefficient (Wildman–Crippen LogP) is 3.18. The lowest BCUT2D eigenvalue weighted by Crippen LogP contribution is -2.34. The van der Waals surface area contributed by atoms with Crippen molar-refractivity contribution in [2.75, 3.05) is 5.01 Å². The fourth-order valence-corrected chi connectivity index (χ4v) is 1.79. The van der Waals surface area contributed by atoms with Gasteiger partial charge in [0.05, 0.1) is 5.69 Å². The van der Waals surface area contributed by atoms with E-state index in [1.807, 2.05) is 65.7 Å². The van der Waals surface area contributed by atoms with Gasteiger partial charge < -0.3 is 0 Å². The SMILES string of the molecule is [C]1=C(c2ccccc2)N(c2ccccc2)NN=N1. The second kappa shape index (κ2) is 4.71. The van der Waals surface area contributed by atoms with Crippen LogP contribution in [-0.4, -0.2) is 0 Å². The molecular formula is C14H11N4. The molecule has 1 N–H and O–H groups in total. The van der Waals surface area contributed by atoms with E-state index in [4.69, 9.17) is 0 Å². The summed E-state index contributed by atoms with van der Waals surface area (Å²) in [5.74, 6) is 0. The highest BCUT2D eigenvalue weighted by Gasteiger charge is 2.16. The molecule has 0 aromatic heterocycles. The molecule has 1 aliphatic heterocycles. The number of nitrogens with zero attached hydrogens (tertiary/aromatic N) is 3. The van der Waals surface area contributed by atoms with Crippen LogP contribution in [0.1, 0.15) is 5.56 Å². The van der Waals surface area contributed by atoms with Crippen LogP contribution in [0.4, 0.5) is 5.69 Å². The normalized spacial score (nSPS) is 14.0. The average Bonchev–Trinajstić information content (AvgIpc) is 2.49. The maximum Gasteiger partial charge on any atom is 0.144 e. The number of nitrogens with one attached hydrogen (secondary N) is 1. The number of anilines is 1. The van der Waals surface area contributed by atoms with Crippen molar-refractivity contribution in [2.45, 2.75) is 0 Å². The van der Waals surface area contributed by atoms with Gasteiger partial charge in [-0.05, 0) is 12.1 Å². The Morgan fingerprint density at radius 3 is 2.28 bits per heavy atom. The summed E-state index contributed by atoms with van der Waals surface area (Å²) in [4.78, 5) is 0. The molecule has 0 bridgehead atoms. The van der Waals surface area contributed by atoms with E-state index in [-0.39, 0.29) is 0 Å². The highest BCUT2D eigenvalue weighted by Crippen LogP contribution is 2.25. The lowest BCUT2D eigenvalue weighted by molar-refractivity contribution is 0.689. The Hall–Kier alpha value is -2.62. The van der Waals surface area contributed by atoms with Crippen LogP contribution in [-0.2, 0) is 0 Å². The van der Waals surface area contributed by atoms with Crippen molar-refractivity contribution >= 4 is 11.4 Å². The second-order valence-electron chi connectivity index (χ2n) is 3.80. The van der Waals surface area contributed by atoms with Crippen LogP contribution < -0.4 is 10.5 Å². The molecular weight excluding hydrogens is 224 g/mol. The minimum absolute atomic E-state index is 0.844. The van der Waals surface area contributed by atoms with Crippen molar-refractivity contribution in [1.82, 2.24) is 5.53 Å². The lowest BCUT2D eigenvalue weighted by atomic mass is 10.1. The molecule has 2 aromatic rings. The van der Waals surface area contributed by atoms with Crippen molar-refractivity contribution in [2.24, 2.45) is 10.3 Å². The van der Waals surface area contributed by atoms with Crippen LogP contribution >= 0.6 is 0 Å². The van der Waals surface area contributed by atoms with Gasteiger partial charge in [0.25, 0.3) is 0 Å². The van der Waals surface area contributed by atoms with Gasteiger partial charge in [-0.1, -0.05) is 53.8 Å². The van der Waals surface area contributed by atoms with Gasteiger partial charge in [0, 0.05) is 5.56 Å². The van der Waals surface area contributed by atoms with Gasteiger partial charge >= 0.3 is 0 Å². The zero-order valence-corrected chi connectivity index (χ0v) is 9.62. The summed E-state index contributed by atoms with van der Waals surface area (Å²) < 4.78 is 0. The third kappa shape index (κ3) is 1.96. The average molecular weight is 235 g/mol. The summed E-state index contributed by atoms with van der Waals surface area (Å²) in [5.41, 5.74) is 5.74. The highest BCUT2D eigenvalue weighted by molar-refractivity contribution is 5.77. The van der Waals surface area contributed by atoms with Crippen molar-refractivity contribution < 1.29 is 0 Å². The molecule has 0 saturated carbocycles.